The number of hydrogen-bond acceptors (Lipinski definition) is 6. The Kier molecular flexibility index (Phi) is 60.8. The molecule has 0 bridgehead atoms. The molecule has 0 amide bonds. The Balaban J connectivity index is 4.44. The van der Waals surface area contributed by atoms with Crippen LogP contribution in [0.25, 0.3) is 0 Å². The van der Waals surface area contributed by atoms with Gasteiger partial charge in [-0.15, -0.1) is 0 Å². The maximum Gasteiger partial charge on any atom is 0.306 e. The summed E-state index contributed by atoms with van der Waals surface area (Å²) < 4.78 is 16.8. The van der Waals surface area contributed by atoms with Crippen molar-refractivity contribution in [3.8, 4) is 0 Å². The lowest BCUT2D eigenvalue weighted by Gasteiger charge is -2.18. The molecule has 0 saturated carbocycles. The number of carbonyl (C=O) groups is 3. The molecule has 0 rings (SSSR count). The van der Waals surface area contributed by atoms with Gasteiger partial charge in [-0.2, -0.15) is 0 Å². The minimum Gasteiger partial charge on any atom is -0.462 e. The van der Waals surface area contributed by atoms with Crippen LogP contribution in [0.1, 0.15) is 290 Å². The summed E-state index contributed by atoms with van der Waals surface area (Å²) in [6.07, 6.45) is 89.3. The number of hydrogen-bond donors (Lipinski definition) is 0. The van der Waals surface area contributed by atoms with Crippen molar-refractivity contribution in [1.29, 1.82) is 0 Å². The first-order chi connectivity index (χ1) is 38.0. The van der Waals surface area contributed by atoms with Gasteiger partial charge < -0.3 is 14.2 Å². The summed E-state index contributed by atoms with van der Waals surface area (Å²) >= 11 is 0. The van der Waals surface area contributed by atoms with Gasteiger partial charge in [0.05, 0.1) is 0 Å². The van der Waals surface area contributed by atoms with Crippen LogP contribution < -0.4 is 0 Å². The van der Waals surface area contributed by atoms with Gasteiger partial charge >= 0.3 is 17.9 Å². The number of carbonyl (C=O) groups excluding carboxylic acids is 3. The standard InChI is InChI=1S/C71H118O6/c1-4-7-10-13-16-19-22-25-28-30-32-33-34-35-36-37-39-40-43-46-49-52-55-58-61-64-70(73)76-67-68(66-75-69(72)63-60-57-54-51-48-45-42-27-24-21-18-15-12-9-6-3)77-71(74)65-62-59-56-53-50-47-44-41-38-31-29-26-23-20-17-14-11-8-5-2/h8,11,17-18,20-22,25-27,29-30,32,38,41-42,47,50,56,59,68H,4-7,9-10,12-16,19,23-24,28,31,33-37,39-40,43-46,48-49,51-55,57-58,60-67H2,1-3H3/b11-8-,20-17-,21-18-,25-22-,29-26-,32-30-,41-38-,42-27-,50-47-,59-56-. The van der Waals surface area contributed by atoms with Gasteiger partial charge in [0.1, 0.15) is 13.2 Å². The van der Waals surface area contributed by atoms with Crippen molar-refractivity contribution in [2.24, 2.45) is 0 Å². The Labute approximate surface area is 475 Å². The van der Waals surface area contributed by atoms with Crippen molar-refractivity contribution in [2.75, 3.05) is 13.2 Å². The van der Waals surface area contributed by atoms with Gasteiger partial charge in [0.25, 0.3) is 0 Å². The predicted molar refractivity (Wildman–Crippen MR) is 334 cm³/mol. The second-order valence-electron chi connectivity index (χ2n) is 20.9. The highest BCUT2D eigenvalue weighted by molar-refractivity contribution is 5.71. The molecule has 0 aromatic rings. The highest BCUT2D eigenvalue weighted by Crippen LogP contribution is 2.15. The van der Waals surface area contributed by atoms with E-state index in [4.69, 9.17) is 14.2 Å². The highest BCUT2D eigenvalue weighted by atomic mass is 16.6. The number of ether oxygens (including phenoxy) is 3. The third-order valence-corrected chi connectivity index (χ3v) is 13.4. The normalized spacial score (nSPS) is 12.9. The number of unbranched alkanes of at least 4 members (excludes halogenated alkanes) is 26. The summed E-state index contributed by atoms with van der Waals surface area (Å²) in [4.78, 5) is 38.3. The summed E-state index contributed by atoms with van der Waals surface area (Å²) in [6, 6.07) is 0. The molecule has 0 radical (unpaired) electrons. The van der Waals surface area contributed by atoms with Crippen molar-refractivity contribution in [3.63, 3.8) is 0 Å². The minimum absolute atomic E-state index is 0.115. The van der Waals surface area contributed by atoms with Crippen LogP contribution in [0.4, 0.5) is 0 Å². The molecule has 0 saturated heterocycles. The van der Waals surface area contributed by atoms with Crippen LogP contribution in [-0.2, 0) is 28.6 Å². The average Bonchev–Trinajstić information content (AvgIpc) is 3.43. The smallest absolute Gasteiger partial charge is 0.306 e. The van der Waals surface area contributed by atoms with Crippen molar-refractivity contribution in [2.45, 2.75) is 297 Å². The Morgan fingerprint density at radius 2 is 0.532 bits per heavy atom. The van der Waals surface area contributed by atoms with Gasteiger partial charge in [-0.3, -0.25) is 14.4 Å². The first-order valence-corrected chi connectivity index (χ1v) is 32.0. The van der Waals surface area contributed by atoms with Crippen LogP contribution in [-0.4, -0.2) is 37.2 Å². The summed E-state index contributed by atoms with van der Waals surface area (Å²) in [6.45, 7) is 6.43. The van der Waals surface area contributed by atoms with E-state index in [9.17, 15) is 14.4 Å². The van der Waals surface area contributed by atoms with Gasteiger partial charge in [-0.1, -0.05) is 271 Å². The van der Waals surface area contributed by atoms with Crippen molar-refractivity contribution in [3.05, 3.63) is 122 Å². The van der Waals surface area contributed by atoms with Gasteiger partial charge in [0.2, 0.25) is 0 Å². The number of allylic oxidation sites excluding steroid dienone is 20. The number of rotatable bonds is 57. The fourth-order valence-corrected chi connectivity index (χ4v) is 8.65. The lowest BCUT2D eigenvalue weighted by Crippen LogP contribution is -2.30. The molecule has 0 aliphatic rings. The molecule has 0 fully saturated rings. The van der Waals surface area contributed by atoms with Crippen LogP contribution in [0.2, 0.25) is 0 Å². The van der Waals surface area contributed by atoms with E-state index in [-0.39, 0.29) is 31.6 Å². The summed E-state index contributed by atoms with van der Waals surface area (Å²) in [5.41, 5.74) is 0. The van der Waals surface area contributed by atoms with Crippen LogP contribution in [0.15, 0.2) is 122 Å². The lowest BCUT2D eigenvalue weighted by molar-refractivity contribution is -0.166. The van der Waals surface area contributed by atoms with E-state index in [0.717, 1.165) is 109 Å². The van der Waals surface area contributed by atoms with E-state index >= 15 is 0 Å². The zero-order chi connectivity index (χ0) is 55.7. The van der Waals surface area contributed by atoms with Crippen LogP contribution >= 0.6 is 0 Å². The molecule has 0 aromatic carbocycles. The molecule has 0 spiro atoms. The van der Waals surface area contributed by atoms with Crippen LogP contribution in [0.5, 0.6) is 0 Å². The molecule has 77 heavy (non-hydrogen) atoms. The van der Waals surface area contributed by atoms with Crippen molar-refractivity contribution >= 4 is 17.9 Å². The molecule has 0 aromatic heterocycles. The second kappa shape index (κ2) is 64.3. The molecule has 0 N–H and O–H groups in total. The topological polar surface area (TPSA) is 78.9 Å². The summed E-state index contributed by atoms with van der Waals surface area (Å²) in [5, 5.41) is 0. The van der Waals surface area contributed by atoms with E-state index in [1.54, 1.807) is 0 Å². The highest BCUT2D eigenvalue weighted by Gasteiger charge is 2.19. The molecule has 0 aliphatic carbocycles. The summed E-state index contributed by atoms with van der Waals surface area (Å²) in [7, 11) is 0. The molecule has 1 atom stereocenters. The largest absolute Gasteiger partial charge is 0.462 e. The first kappa shape index (κ1) is 72.8. The fraction of sp³-hybridized carbons (Fsp3) is 0.676. The second-order valence-corrected chi connectivity index (χ2v) is 20.9. The SMILES string of the molecule is CC/C=C\C/C=C\C/C=C\C/C=C\C/C=C\C/C=C\CCC(=O)OC(COC(=O)CCCCCCC/C=C\C/C=C\CCCCC)COC(=O)CCCCCCCCCCCCCCC/C=C\C/C=C\CCCCCCC. The monoisotopic (exact) mass is 1070 g/mol. The van der Waals surface area contributed by atoms with Gasteiger partial charge in [-0.05, 0) is 122 Å². The minimum atomic E-state index is -0.829. The third-order valence-electron chi connectivity index (χ3n) is 13.4. The van der Waals surface area contributed by atoms with E-state index in [1.165, 1.54) is 135 Å². The van der Waals surface area contributed by atoms with E-state index in [0.29, 0.717) is 19.3 Å². The Hall–Kier alpha value is -4.19. The molecular formula is C71H118O6. The van der Waals surface area contributed by atoms with E-state index in [2.05, 4.69) is 136 Å². The maximum atomic E-state index is 12.9. The van der Waals surface area contributed by atoms with E-state index in [1.807, 2.05) is 6.08 Å². The van der Waals surface area contributed by atoms with Gasteiger partial charge in [-0.25, -0.2) is 0 Å². The molecule has 438 valence electrons. The molecule has 6 nitrogen and oxygen atoms in total. The fourth-order valence-electron chi connectivity index (χ4n) is 8.65. The first-order valence-electron chi connectivity index (χ1n) is 32.0. The Morgan fingerprint density at radius 3 is 0.870 bits per heavy atom. The van der Waals surface area contributed by atoms with Crippen LogP contribution in [0, 0.1) is 0 Å². The Bertz CT molecular complexity index is 1600. The molecule has 0 aliphatic heterocycles. The molecular weight excluding hydrogens is 949 g/mol. The van der Waals surface area contributed by atoms with Crippen molar-refractivity contribution < 1.29 is 28.6 Å². The third kappa shape index (κ3) is 62.5. The van der Waals surface area contributed by atoms with Crippen LogP contribution in [0.3, 0.4) is 0 Å². The summed E-state index contributed by atoms with van der Waals surface area (Å²) in [5.74, 6) is -1.01. The van der Waals surface area contributed by atoms with Gasteiger partial charge in [0, 0.05) is 19.3 Å². The molecule has 6 heteroatoms. The predicted octanol–water partition coefficient (Wildman–Crippen LogP) is 22.0. The zero-order valence-corrected chi connectivity index (χ0v) is 50.2. The number of esters is 3. The van der Waals surface area contributed by atoms with E-state index < -0.39 is 12.1 Å². The lowest BCUT2D eigenvalue weighted by atomic mass is 10.0. The van der Waals surface area contributed by atoms with Gasteiger partial charge in [0.15, 0.2) is 6.10 Å². The average molecular weight is 1070 g/mol. The molecule has 1 unspecified atom stereocenters. The Morgan fingerprint density at radius 1 is 0.273 bits per heavy atom. The van der Waals surface area contributed by atoms with Crippen molar-refractivity contribution in [1.82, 2.24) is 0 Å². The maximum absolute atomic E-state index is 12.9. The molecule has 0 heterocycles. The quantitative estimate of drug-likeness (QED) is 0.0261. The zero-order valence-electron chi connectivity index (χ0n) is 50.2.